The van der Waals surface area contributed by atoms with Crippen LogP contribution in [0.4, 0.5) is 0 Å². The molecular formula is C24H27Cl3N2O2. The lowest BCUT2D eigenvalue weighted by molar-refractivity contribution is -0.141. The summed E-state index contributed by atoms with van der Waals surface area (Å²) in [5.74, 6) is -0.268. The lowest BCUT2D eigenvalue weighted by Crippen LogP contribution is -2.51. The van der Waals surface area contributed by atoms with Gasteiger partial charge in [0.25, 0.3) is 0 Å². The Bertz CT molecular complexity index is 929. The molecule has 166 valence electrons. The van der Waals surface area contributed by atoms with Crippen LogP contribution in [-0.4, -0.2) is 28.8 Å². The summed E-state index contributed by atoms with van der Waals surface area (Å²) in [6, 6.07) is 12.1. The molecule has 1 atom stereocenters. The van der Waals surface area contributed by atoms with E-state index in [9.17, 15) is 9.59 Å². The molecule has 0 radical (unpaired) electrons. The highest BCUT2D eigenvalue weighted by Crippen LogP contribution is 2.25. The highest BCUT2D eigenvalue weighted by molar-refractivity contribution is 6.42. The minimum atomic E-state index is -0.577. The van der Waals surface area contributed by atoms with Gasteiger partial charge in [-0.05, 0) is 48.6 Å². The Labute approximate surface area is 198 Å². The van der Waals surface area contributed by atoms with Crippen LogP contribution in [0.15, 0.2) is 42.5 Å². The van der Waals surface area contributed by atoms with E-state index in [-0.39, 0.29) is 30.8 Å². The van der Waals surface area contributed by atoms with Gasteiger partial charge in [0, 0.05) is 17.6 Å². The van der Waals surface area contributed by atoms with Crippen molar-refractivity contribution in [1.29, 1.82) is 0 Å². The van der Waals surface area contributed by atoms with Crippen molar-refractivity contribution in [2.75, 3.05) is 0 Å². The number of carbonyl (C=O) groups excluding carboxylic acids is 2. The predicted molar refractivity (Wildman–Crippen MR) is 127 cm³/mol. The predicted octanol–water partition coefficient (Wildman–Crippen LogP) is 6.06. The molecule has 1 saturated carbocycles. The summed E-state index contributed by atoms with van der Waals surface area (Å²) in [4.78, 5) is 28.2. The van der Waals surface area contributed by atoms with E-state index in [1.165, 1.54) is 0 Å². The van der Waals surface area contributed by atoms with Gasteiger partial charge >= 0.3 is 0 Å². The molecule has 2 aromatic carbocycles. The van der Waals surface area contributed by atoms with Gasteiger partial charge in [0.05, 0.1) is 16.5 Å². The van der Waals surface area contributed by atoms with Gasteiger partial charge in [-0.3, -0.25) is 9.59 Å². The van der Waals surface area contributed by atoms with Crippen LogP contribution in [0.2, 0.25) is 15.1 Å². The minimum Gasteiger partial charge on any atom is -0.352 e. The number of carbonyl (C=O) groups is 2. The second-order valence-corrected chi connectivity index (χ2v) is 9.17. The molecule has 1 unspecified atom stereocenters. The van der Waals surface area contributed by atoms with Crippen molar-refractivity contribution in [3.05, 3.63) is 68.7 Å². The Morgan fingerprint density at radius 1 is 1.03 bits per heavy atom. The Kier molecular flexibility index (Phi) is 8.65. The van der Waals surface area contributed by atoms with Gasteiger partial charge in [-0.15, -0.1) is 0 Å². The van der Waals surface area contributed by atoms with Crippen LogP contribution in [0.25, 0.3) is 0 Å². The Morgan fingerprint density at radius 2 is 1.74 bits per heavy atom. The molecule has 0 saturated heterocycles. The molecular weight excluding hydrogens is 455 g/mol. The number of nitrogens with zero attached hydrogens (tertiary/aromatic N) is 1. The number of halogens is 3. The quantitative estimate of drug-likeness (QED) is 0.498. The zero-order chi connectivity index (χ0) is 22.4. The largest absolute Gasteiger partial charge is 0.352 e. The maximum absolute atomic E-state index is 13.4. The van der Waals surface area contributed by atoms with E-state index < -0.39 is 6.04 Å². The van der Waals surface area contributed by atoms with Crippen molar-refractivity contribution >= 4 is 46.6 Å². The third-order valence-corrected chi connectivity index (χ3v) is 6.83. The zero-order valence-corrected chi connectivity index (χ0v) is 19.8. The third-order valence-electron chi connectivity index (χ3n) is 5.73. The second-order valence-electron chi connectivity index (χ2n) is 7.95. The second kappa shape index (κ2) is 11.2. The first-order valence-corrected chi connectivity index (χ1v) is 11.8. The van der Waals surface area contributed by atoms with Crippen LogP contribution in [0.1, 0.15) is 50.2 Å². The van der Waals surface area contributed by atoms with Crippen molar-refractivity contribution in [1.82, 2.24) is 10.2 Å². The molecule has 0 aliphatic heterocycles. The van der Waals surface area contributed by atoms with Crippen LogP contribution >= 0.6 is 34.8 Å². The molecule has 1 N–H and O–H groups in total. The minimum absolute atomic E-state index is 0.107. The molecule has 0 spiro atoms. The molecule has 1 fully saturated rings. The van der Waals surface area contributed by atoms with Crippen molar-refractivity contribution in [2.45, 2.75) is 64.1 Å². The van der Waals surface area contributed by atoms with E-state index in [1.807, 2.05) is 25.1 Å². The number of rotatable bonds is 8. The standard InChI is InChI=1S/C24H27Cl3N2O2/c1-2-22(24(31)28-18-8-4-5-9-18)29(15-17-7-3-6-10-19(17)25)23(30)14-16-11-12-20(26)21(27)13-16/h3,6-7,10-13,18,22H,2,4-5,8-9,14-15H2,1H3,(H,28,31). The van der Waals surface area contributed by atoms with Gasteiger partial charge in [0.15, 0.2) is 0 Å². The van der Waals surface area contributed by atoms with Gasteiger partial charge < -0.3 is 10.2 Å². The van der Waals surface area contributed by atoms with E-state index in [0.717, 1.165) is 36.8 Å². The van der Waals surface area contributed by atoms with Crippen LogP contribution in [0.3, 0.4) is 0 Å². The maximum Gasteiger partial charge on any atom is 0.243 e. The molecule has 0 bridgehead atoms. The maximum atomic E-state index is 13.4. The molecule has 31 heavy (non-hydrogen) atoms. The first-order chi connectivity index (χ1) is 14.9. The summed E-state index contributed by atoms with van der Waals surface area (Å²) in [5.41, 5.74) is 1.55. The lowest BCUT2D eigenvalue weighted by atomic mass is 10.1. The molecule has 3 rings (SSSR count). The fourth-order valence-corrected chi connectivity index (χ4v) is 4.54. The lowest BCUT2D eigenvalue weighted by Gasteiger charge is -2.32. The van der Waals surface area contributed by atoms with Gasteiger partial charge in [0.2, 0.25) is 11.8 Å². The van der Waals surface area contributed by atoms with Crippen molar-refractivity contribution < 1.29 is 9.59 Å². The summed E-state index contributed by atoms with van der Waals surface area (Å²) in [5, 5.41) is 4.55. The van der Waals surface area contributed by atoms with E-state index in [1.54, 1.807) is 29.2 Å². The monoisotopic (exact) mass is 480 g/mol. The topological polar surface area (TPSA) is 49.4 Å². The van der Waals surface area contributed by atoms with E-state index in [4.69, 9.17) is 34.8 Å². The van der Waals surface area contributed by atoms with E-state index in [0.29, 0.717) is 21.5 Å². The fourth-order valence-electron chi connectivity index (χ4n) is 4.02. The molecule has 2 amide bonds. The highest BCUT2D eigenvalue weighted by atomic mass is 35.5. The molecule has 7 heteroatoms. The molecule has 0 aromatic heterocycles. The van der Waals surface area contributed by atoms with Crippen molar-refractivity contribution in [2.24, 2.45) is 0 Å². The average molecular weight is 482 g/mol. The summed E-state index contributed by atoms with van der Waals surface area (Å²) < 4.78 is 0. The zero-order valence-electron chi connectivity index (χ0n) is 17.5. The fraction of sp³-hybridized carbons (Fsp3) is 0.417. The summed E-state index contributed by atoms with van der Waals surface area (Å²) >= 11 is 18.5. The number of hydrogen-bond acceptors (Lipinski definition) is 2. The third kappa shape index (κ3) is 6.38. The normalized spacial score (nSPS) is 15.0. The number of hydrogen-bond donors (Lipinski definition) is 1. The Morgan fingerprint density at radius 3 is 2.39 bits per heavy atom. The van der Waals surface area contributed by atoms with E-state index in [2.05, 4.69) is 5.32 Å². The van der Waals surface area contributed by atoms with Crippen LogP contribution < -0.4 is 5.32 Å². The summed E-state index contributed by atoms with van der Waals surface area (Å²) in [7, 11) is 0. The number of benzene rings is 2. The van der Waals surface area contributed by atoms with Crippen molar-refractivity contribution in [3.63, 3.8) is 0 Å². The summed E-state index contributed by atoms with van der Waals surface area (Å²) in [6.07, 6.45) is 4.86. The van der Waals surface area contributed by atoms with Crippen LogP contribution in [-0.2, 0) is 22.6 Å². The highest BCUT2D eigenvalue weighted by Gasteiger charge is 2.31. The molecule has 0 heterocycles. The number of amides is 2. The average Bonchev–Trinajstić information content (AvgIpc) is 3.25. The van der Waals surface area contributed by atoms with Crippen molar-refractivity contribution in [3.8, 4) is 0 Å². The first-order valence-electron chi connectivity index (χ1n) is 10.7. The van der Waals surface area contributed by atoms with Gasteiger partial charge in [-0.1, -0.05) is 78.8 Å². The summed E-state index contributed by atoms with van der Waals surface area (Å²) in [6.45, 7) is 2.18. The molecule has 2 aromatic rings. The van der Waals surface area contributed by atoms with E-state index >= 15 is 0 Å². The Balaban J connectivity index is 1.84. The Hall–Kier alpha value is -1.75. The van der Waals surface area contributed by atoms with Crippen LogP contribution in [0.5, 0.6) is 0 Å². The molecule has 1 aliphatic carbocycles. The SMILES string of the molecule is CCC(C(=O)NC1CCCC1)N(Cc1ccccc1Cl)C(=O)Cc1ccc(Cl)c(Cl)c1. The molecule has 4 nitrogen and oxygen atoms in total. The molecule has 1 aliphatic rings. The smallest absolute Gasteiger partial charge is 0.243 e. The van der Waals surface area contributed by atoms with Gasteiger partial charge in [-0.25, -0.2) is 0 Å². The van der Waals surface area contributed by atoms with Gasteiger partial charge in [0.1, 0.15) is 6.04 Å². The van der Waals surface area contributed by atoms with Gasteiger partial charge in [-0.2, -0.15) is 0 Å². The van der Waals surface area contributed by atoms with Crippen LogP contribution in [0, 0.1) is 0 Å². The number of nitrogens with one attached hydrogen (secondary N) is 1. The first kappa shape index (κ1) is 23.9.